The maximum Gasteiger partial charge on any atom is 0.139 e. The van der Waals surface area contributed by atoms with Crippen LogP contribution in [-0.4, -0.2) is 15.4 Å². The first-order chi connectivity index (χ1) is 6.25. The lowest BCUT2D eigenvalue weighted by molar-refractivity contribution is 0.888. The summed E-state index contributed by atoms with van der Waals surface area (Å²) in [7, 11) is 0. The number of hydrogen-bond acceptors (Lipinski definition) is 2. The van der Waals surface area contributed by atoms with Crippen LogP contribution in [0.1, 0.15) is 13.8 Å². The molecular weight excluding hydrogens is 162 g/mol. The molecule has 68 valence electrons. The molecule has 2 rings (SSSR count). The molecule has 0 aliphatic carbocycles. The van der Waals surface area contributed by atoms with Gasteiger partial charge in [-0.2, -0.15) is 0 Å². The van der Waals surface area contributed by atoms with E-state index in [1.54, 1.807) is 0 Å². The highest BCUT2D eigenvalue weighted by Crippen LogP contribution is 2.07. The zero-order chi connectivity index (χ0) is 9.26. The molecule has 0 fully saturated rings. The molecule has 0 bridgehead atoms. The van der Waals surface area contributed by atoms with E-state index in [9.17, 15) is 0 Å². The molecule has 2 aromatic heterocycles. The normalized spacial score (nSPS) is 11.0. The first-order valence-corrected chi connectivity index (χ1v) is 4.46. The lowest BCUT2D eigenvalue weighted by atomic mass is 10.4. The average molecular weight is 175 g/mol. The summed E-state index contributed by atoms with van der Waals surface area (Å²) in [6.07, 6.45) is 3.99. The summed E-state index contributed by atoms with van der Waals surface area (Å²) in [5.41, 5.74) is 0.977. The molecule has 0 spiro atoms. The Labute approximate surface area is 77.4 Å². The molecule has 0 unspecified atom stereocenters. The van der Waals surface area contributed by atoms with Gasteiger partial charge in [-0.3, -0.25) is 0 Å². The van der Waals surface area contributed by atoms with Crippen molar-refractivity contribution >= 4 is 11.5 Å². The van der Waals surface area contributed by atoms with Crippen LogP contribution in [0.2, 0.25) is 0 Å². The maximum atomic E-state index is 4.43. The van der Waals surface area contributed by atoms with Gasteiger partial charge in [0.1, 0.15) is 11.5 Å². The van der Waals surface area contributed by atoms with Crippen LogP contribution >= 0.6 is 0 Å². The molecule has 0 saturated heterocycles. The summed E-state index contributed by atoms with van der Waals surface area (Å²) in [4.78, 5) is 4.43. The van der Waals surface area contributed by atoms with Crippen molar-refractivity contribution in [2.45, 2.75) is 19.9 Å². The first-order valence-electron chi connectivity index (χ1n) is 4.46. The number of rotatable bonds is 2. The van der Waals surface area contributed by atoms with Crippen LogP contribution in [0.3, 0.4) is 0 Å². The van der Waals surface area contributed by atoms with E-state index in [4.69, 9.17) is 0 Å². The molecule has 2 heterocycles. The summed E-state index contributed by atoms with van der Waals surface area (Å²) in [6.45, 7) is 4.20. The van der Waals surface area contributed by atoms with Gasteiger partial charge in [-0.25, -0.2) is 4.98 Å². The number of nitrogens with one attached hydrogen (secondary N) is 1. The van der Waals surface area contributed by atoms with Crippen LogP contribution in [-0.2, 0) is 0 Å². The van der Waals surface area contributed by atoms with E-state index >= 15 is 0 Å². The summed E-state index contributed by atoms with van der Waals surface area (Å²) >= 11 is 0. The molecule has 0 aromatic carbocycles. The fourth-order valence-corrected chi connectivity index (χ4v) is 1.29. The van der Waals surface area contributed by atoms with E-state index in [2.05, 4.69) is 24.1 Å². The Morgan fingerprint density at radius 1 is 1.31 bits per heavy atom. The van der Waals surface area contributed by atoms with E-state index in [0.29, 0.717) is 6.04 Å². The zero-order valence-corrected chi connectivity index (χ0v) is 7.86. The second kappa shape index (κ2) is 3.09. The monoisotopic (exact) mass is 175 g/mol. The van der Waals surface area contributed by atoms with E-state index in [-0.39, 0.29) is 0 Å². The Kier molecular flexibility index (Phi) is 1.93. The number of anilines is 1. The number of hydrogen-bond donors (Lipinski definition) is 1. The van der Waals surface area contributed by atoms with Crippen molar-refractivity contribution in [3.63, 3.8) is 0 Å². The second-order valence-corrected chi connectivity index (χ2v) is 3.39. The molecule has 1 N–H and O–H groups in total. The fourth-order valence-electron chi connectivity index (χ4n) is 1.29. The third-order valence-corrected chi connectivity index (χ3v) is 1.82. The van der Waals surface area contributed by atoms with Gasteiger partial charge in [0.15, 0.2) is 0 Å². The predicted molar refractivity (Wildman–Crippen MR) is 54.0 cm³/mol. The minimum Gasteiger partial charge on any atom is -0.368 e. The molecule has 3 nitrogen and oxygen atoms in total. The quantitative estimate of drug-likeness (QED) is 0.757. The van der Waals surface area contributed by atoms with Gasteiger partial charge < -0.3 is 9.72 Å². The Morgan fingerprint density at radius 2 is 2.15 bits per heavy atom. The van der Waals surface area contributed by atoms with Crippen molar-refractivity contribution in [1.29, 1.82) is 0 Å². The van der Waals surface area contributed by atoms with Crippen LogP contribution in [0.4, 0.5) is 5.82 Å². The van der Waals surface area contributed by atoms with Gasteiger partial charge in [-0.15, -0.1) is 0 Å². The van der Waals surface area contributed by atoms with Crippen molar-refractivity contribution in [3.05, 3.63) is 30.6 Å². The van der Waals surface area contributed by atoms with E-state index < -0.39 is 0 Å². The Morgan fingerprint density at radius 3 is 2.92 bits per heavy atom. The lowest BCUT2D eigenvalue weighted by Crippen LogP contribution is -2.11. The maximum absolute atomic E-state index is 4.43. The number of aromatic nitrogens is 2. The van der Waals surface area contributed by atoms with Crippen molar-refractivity contribution in [2.24, 2.45) is 0 Å². The van der Waals surface area contributed by atoms with Crippen molar-refractivity contribution in [3.8, 4) is 0 Å². The summed E-state index contributed by atoms with van der Waals surface area (Å²) in [5, 5.41) is 3.26. The van der Waals surface area contributed by atoms with Gasteiger partial charge in [0.25, 0.3) is 0 Å². The van der Waals surface area contributed by atoms with Gasteiger partial charge in [-0.05, 0) is 32.0 Å². The van der Waals surface area contributed by atoms with Crippen LogP contribution < -0.4 is 5.32 Å². The summed E-state index contributed by atoms with van der Waals surface area (Å²) in [5.74, 6) is 0.932. The molecule has 2 aromatic rings. The minimum absolute atomic E-state index is 0.421. The molecule has 3 heteroatoms. The highest BCUT2D eigenvalue weighted by atomic mass is 15.1. The standard InChI is InChI=1S/C10H13N3/c1-8(2)11-9-5-7-13-6-3-4-10(13)12-9/h3-8H,1-2H3,(H,11,12). The smallest absolute Gasteiger partial charge is 0.139 e. The van der Waals surface area contributed by atoms with Gasteiger partial charge in [0, 0.05) is 18.4 Å². The molecule has 0 aliphatic rings. The van der Waals surface area contributed by atoms with Crippen LogP contribution in [0.15, 0.2) is 30.6 Å². The van der Waals surface area contributed by atoms with E-state index in [1.807, 2.05) is 35.0 Å². The Hall–Kier alpha value is -1.51. The minimum atomic E-state index is 0.421. The van der Waals surface area contributed by atoms with Gasteiger partial charge in [0.05, 0.1) is 0 Å². The topological polar surface area (TPSA) is 29.3 Å². The largest absolute Gasteiger partial charge is 0.368 e. The fraction of sp³-hybridized carbons (Fsp3) is 0.300. The second-order valence-electron chi connectivity index (χ2n) is 3.39. The molecular formula is C10H13N3. The highest BCUT2D eigenvalue weighted by Gasteiger charge is 1.97. The molecule has 0 amide bonds. The van der Waals surface area contributed by atoms with Crippen LogP contribution in [0, 0.1) is 0 Å². The molecule has 0 aliphatic heterocycles. The summed E-state index contributed by atoms with van der Waals surface area (Å²) < 4.78 is 1.99. The third kappa shape index (κ3) is 1.64. The van der Waals surface area contributed by atoms with Crippen molar-refractivity contribution in [1.82, 2.24) is 9.38 Å². The van der Waals surface area contributed by atoms with Gasteiger partial charge >= 0.3 is 0 Å². The third-order valence-electron chi connectivity index (χ3n) is 1.82. The predicted octanol–water partition coefficient (Wildman–Crippen LogP) is 2.15. The SMILES string of the molecule is CC(C)Nc1ccn2cccc2n1. The van der Waals surface area contributed by atoms with Crippen LogP contribution in [0.5, 0.6) is 0 Å². The van der Waals surface area contributed by atoms with Crippen molar-refractivity contribution < 1.29 is 0 Å². The summed E-state index contributed by atoms with van der Waals surface area (Å²) in [6, 6.07) is 6.38. The Balaban J connectivity index is 2.37. The highest BCUT2D eigenvalue weighted by molar-refractivity contribution is 5.47. The van der Waals surface area contributed by atoms with E-state index in [0.717, 1.165) is 11.5 Å². The first kappa shape index (κ1) is 8.10. The number of nitrogens with zero attached hydrogens (tertiary/aromatic N) is 2. The van der Waals surface area contributed by atoms with Gasteiger partial charge in [0.2, 0.25) is 0 Å². The van der Waals surface area contributed by atoms with Gasteiger partial charge in [-0.1, -0.05) is 0 Å². The molecule has 0 saturated carbocycles. The average Bonchev–Trinajstić information content (AvgIpc) is 2.49. The molecule has 13 heavy (non-hydrogen) atoms. The van der Waals surface area contributed by atoms with Crippen molar-refractivity contribution in [2.75, 3.05) is 5.32 Å². The Bertz CT molecular complexity index is 403. The number of fused-ring (bicyclic) bond motifs is 1. The van der Waals surface area contributed by atoms with Crippen LogP contribution in [0.25, 0.3) is 5.65 Å². The molecule has 0 radical (unpaired) electrons. The zero-order valence-electron chi connectivity index (χ0n) is 7.86. The molecule has 0 atom stereocenters. The lowest BCUT2D eigenvalue weighted by Gasteiger charge is -2.08. The van der Waals surface area contributed by atoms with E-state index in [1.165, 1.54) is 0 Å².